The van der Waals surface area contributed by atoms with Crippen LogP contribution in [0.25, 0.3) is 0 Å². The van der Waals surface area contributed by atoms with E-state index in [9.17, 15) is 0 Å². The van der Waals surface area contributed by atoms with Crippen LogP contribution in [0.4, 0.5) is 0 Å². The van der Waals surface area contributed by atoms with Gasteiger partial charge in [-0.05, 0) is 31.1 Å². The van der Waals surface area contributed by atoms with Gasteiger partial charge in [-0.25, -0.2) is 0 Å². The molecule has 2 nitrogen and oxygen atoms in total. The van der Waals surface area contributed by atoms with Gasteiger partial charge in [-0.1, -0.05) is 25.1 Å². The molecule has 1 aromatic carbocycles. The average Bonchev–Trinajstić information content (AvgIpc) is 2.19. The van der Waals surface area contributed by atoms with Gasteiger partial charge in [-0.2, -0.15) is 5.26 Å². The first-order valence-electron chi connectivity index (χ1n) is 4.57. The SMILES string of the molecule is CCNCCc1ccccc1C#N. The Bertz CT molecular complexity index is 299. The molecule has 0 saturated carbocycles. The minimum atomic E-state index is 0.792. The van der Waals surface area contributed by atoms with E-state index in [4.69, 9.17) is 5.26 Å². The molecule has 0 aliphatic carbocycles. The van der Waals surface area contributed by atoms with Crippen molar-refractivity contribution >= 4 is 0 Å². The van der Waals surface area contributed by atoms with E-state index in [1.165, 1.54) is 0 Å². The van der Waals surface area contributed by atoms with Gasteiger partial charge in [0.25, 0.3) is 0 Å². The van der Waals surface area contributed by atoms with Crippen molar-refractivity contribution in [2.45, 2.75) is 13.3 Å². The molecule has 0 aliphatic heterocycles. The second-order valence-corrected chi connectivity index (χ2v) is 2.87. The third-order valence-corrected chi connectivity index (χ3v) is 1.96. The van der Waals surface area contributed by atoms with E-state index >= 15 is 0 Å². The number of hydrogen-bond donors (Lipinski definition) is 1. The number of likely N-dealkylation sites (N-methyl/N-ethyl adjacent to an activating group) is 1. The summed E-state index contributed by atoms with van der Waals surface area (Å²) in [6, 6.07) is 9.94. The molecule has 0 aliphatic rings. The summed E-state index contributed by atoms with van der Waals surface area (Å²) in [5.41, 5.74) is 1.92. The molecule has 68 valence electrons. The Morgan fingerprint density at radius 3 is 2.85 bits per heavy atom. The van der Waals surface area contributed by atoms with E-state index in [-0.39, 0.29) is 0 Å². The minimum absolute atomic E-state index is 0.792. The Morgan fingerprint density at radius 2 is 2.15 bits per heavy atom. The fraction of sp³-hybridized carbons (Fsp3) is 0.364. The van der Waals surface area contributed by atoms with E-state index in [1.54, 1.807) is 0 Å². The van der Waals surface area contributed by atoms with Crippen LogP contribution in [-0.4, -0.2) is 13.1 Å². The lowest BCUT2D eigenvalue weighted by Crippen LogP contribution is -2.16. The van der Waals surface area contributed by atoms with Crippen molar-refractivity contribution in [3.8, 4) is 6.07 Å². The third kappa shape index (κ3) is 2.89. The first-order valence-corrected chi connectivity index (χ1v) is 4.57. The van der Waals surface area contributed by atoms with Crippen LogP contribution in [0.15, 0.2) is 24.3 Å². The number of nitriles is 1. The molecule has 1 N–H and O–H groups in total. The lowest BCUT2D eigenvalue weighted by atomic mass is 10.1. The second kappa shape index (κ2) is 5.34. The second-order valence-electron chi connectivity index (χ2n) is 2.87. The van der Waals surface area contributed by atoms with Crippen molar-refractivity contribution in [2.24, 2.45) is 0 Å². The van der Waals surface area contributed by atoms with Gasteiger partial charge in [0.2, 0.25) is 0 Å². The standard InChI is InChI=1S/C11H14N2/c1-2-13-8-7-10-5-3-4-6-11(10)9-12/h3-6,13H,2,7-8H2,1H3. The molecule has 0 spiro atoms. The van der Waals surface area contributed by atoms with E-state index in [0.717, 1.165) is 30.6 Å². The summed E-state index contributed by atoms with van der Waals surface area (Å²) in [7, 11) is 0. The number of nitrogens with one attached hydrogen (secondary N) is 1. The lowest BCUT2D eigenvalue weighted by Gasteiger charge is -2.03. The predicted octanol–water partition coefficient (Wildman–Crippen LogP) is 1.71. The van der Waals surface area contributed by atoms with Crippen LogP contribution >= 0.6 is 0 Å². The molecule has 0 bridgehead atoms. The van der Waals surface area contributed by atoms with Crippen molar-refractivity contribution in [1.82, 2.24) is 5.32 Å². The van der Waals surface area contributed by atoms with Gasteiger partial charge in [0.05, 0.1) is 11.6 Å². The van der Waals surface area contributed by atoms with Crippen LogP contribution in [0.5, 0.6) is 0 Å². The Hall–Kier alpha value is -1.33. The fourth-order valence-electron chi connectivity index (χ4n) is 1.25. The van der Waals surface area contributed by atoms with Crippen molar-refractivity contribution in [3.63, 3.8) is 0 Å². The highest BCUT2D eigenvalue weighted by molar-refractivity contribution is 5.37. The van der Waals surface area contributed by atoms with Crippen molar-refractivity contribution in [2.75, 3.05) is 13.1 Å². The Kier molecular flexibility index (Phi) is 4.01. The largest absolute Gasteiger partial charge is 0.317 e. The smallest absolute Gasteiger partial charge is 0.0994 e. The van der Waals surface area contributed by atoms with E-state index in [0.29, 0.717) is 0 Å². The summed E-state index contributed by atoms with van der Waals surface area (Å²) in [6.07, 6.45) is 0.928. The molecule has 0 radical (unpaired) electrons. The highest BCUT2D eigenvalue weighted by atomic mass is 14.8. The molecule has 0 fully saturated rings. The molecule has 0 amide bonds. The van der Waals surface area contributed by atoms with E-state index < -0.39 is 0 Å². The first-order chi connectivity index (χ1) is 6.38. The zero-order valence-corrected chi connectivity index (χ0v) is 7.88. The summed E-state index contributed by atoms with van der Waals surface area (Å²) in [6.45, 7) is 4.00. The molecular formula is C11H14N2. The number of benzene rings is 1. The third-order valence-electron chi connectivity index (χ3n) is 1.96. The minimum Gasteiger partial charge on any atom is -0.317 e. The van der Waals surface area contributed by atoms with Gasteiger partial charge in [0, 0.05) is 0 Å². The topological polar surface area (TPSA) is 35.8 Å². The summed E-state index contributed by atoms with van der Waals surface area (Å²) in [5, 5.41) is 12.0. The molecule has 0 aromatic heterocycles. The van der Waals surface area contributed by atoms with Crippen LogP contribution in [0.2, 0.25) is 0 Å². The highest BCUT2D eigenvalue weighted by Crippen LogP contribution is 2.06. The molecule has 0 saturated heterocycles. The monoisotopic (exact) mass is 174 g/mol. The number of hydrogen-bond acceptors (Lipinski definition) is 2. The van der Waals surface area contributed by atoms with Crippen LogP contribution < -0.4 is 5.32 Å². The van der Waals surface area contributed by atoms with Gasteiger partial charge in [-0.15, -0.1) is 0 Å². The molecule has 2 heteroatoms. The van der Waals surface area contributed by atoms with Crippen molar-refractivity contribution < 1.29 is 0 Å². The average molecular weight is 174 g/mol. The molecule has 0 atom stereocenters. The van der Waals surface area contributed by atoms with Crippen LogP contribution in [0, 0.1) is 11.3 Å². The quantitative estimate of drug-likeness (QED) is 0.705. The highest BCUT2D eigenvalue weighted by Gasteiger charge is 1.98. The molecule has 13 heavy (non-hydrogen) atoms. The Morgan fingerprint density at radius 1 is 1.38 bits per heavy atom. The summed E-state index contributed by atoms with van der Waals surface area (Å²) >= 11 is 0. The molecule has 1 rings (SSSR count). The number of rotatable bonds is 4. The Labute approximate surface area is 79.2 Å². The number of nitrogens with zero attached hydrogens (tertiary/aromatic N) is 1. The van der Waals surface area contributed by atoms with Gasteiger partial charge in [-0.3, -0.25) is 0 Å². The zero-order valence-electron chi connectivity index (χ0n) is 7.88. The maximum Gasteiger partial charge on any atom is 0.0994 e. The van der Waals surface area contributed by atoms with Crippen LogP contribution in [-0.2, 0) is 6.42 Å². The van der Waals surface area contributed by atoms with Gasteiger partial charge >= 0.3 is 0 Å². The maximum absolute atomic E-state index is 8.80. The molecule has 0 heterocycles. The summed E-state index contributed by atoms with van der Waals surface area (Å²) in [5.74, 6) is 0. The first kappa shape index (κ1) is 9.76. The van der Waals surface area contributed by atoms with Gasteiger partial charge < -0.3 is 5.32 Å². The van der Waals surface area contributed by atoms with E-state index in [1.807, 2.05) is 24.3 Å². The van der Waals surface area contributed by atoms with Crippen LogP contribution in [0.3, 0.4) is 0 Å². The van der Waals surface area contributed by atoms with Crippen LogP contribution in [0.1, 0.15) is 18.1 Å². The van der Waals surface area contributed by atoms with Gasteiger partial charge in [0.1, 0.15) is 0 Å². The zero-order chi connectivity index (χ0) is 9.52. The maximum atomic E-state index is 8.80. The predicted molar refractivity (Wildman–Crippen MR) is 53.4 cm³/mol. The summed E-state index contributed by atoms with van der Waals surface area (Å²) in [4.78, 5) is 0. The molecular weight excluding hydrogens is 160 g/mol. The van der Waals surface area contributed by atoms with Crippen molar-refractivity contribution in [3.05, 3.63) is 35.4 Å². The molecule has 0 unspecified atom stereocenters. The normalized spacial score (nSPS) is 9.54. The van der Waals surface area contributed by atoms with Crippen molar-refractivity contribution in [1.29, 1.82) is 5.26 Å². The van der Waals surface area contributed by atoms with Gasteiger partial charge in [0.15, 0.2) is 0 Å². The fourth-order valence-corrected chi connectivity index (χ4v) is 1.25. The lowest BCUT2D eigenvalue weighted by molar-refractivity contribution is 0.716. The Balaban J connectivity index is 2.60. The van der Waals surface area contributed by atoms with E-state index in [2.05, 4.69) is 18.3 Å². The molecule has 1 aromatic rings. The summed E-state index contributed by atoms with van der Waals surface area (Å²) < 4.78 is 0.